The second-order valence-electron chi connectivity index (χ2n) is 8.33. The Morgan fingerprint density at radius 3 is 2.37 bits per heavy atom. The fraction of sp³-hybridized carbons (Fsp3) is 0.222. The van der Waals surface area contributed by atoms with Gasteiger partial charge >= 0.3 is 0 Å². The lowest BCUT2D eigenvalue weighted by atomic mass is 9.96. The van der Waals surface area contributed by atoms with Gasteiger partial charge in [-0.1, -0.05) is 24.0 Å². The number of piperidine rings is 1. The minimum atomic E-state index is -0.613. The number of aromatic nitrogens is 2. The smallest absolute Gasteiger partial charge is 0.248 e. The molecule has 1 saturated heterocycles. The molecule has 3 heterocycles. The van der Waals surface area contributed by atoms with Crippen LogP contribution in [0.15, 0.2) is 60.9 Å². The van der Waals surface area contributed by atoms with E-state index in [1.54, 1.807) is 23.4 Å². The number of rotatable bonds is 4. The summed E-state index contributed by atoms with van der Waals surface area (Å²) in [4.78, 5) is 46.6. The lowest BCUT2D eigenvalue weighted by Gasteiger charge is -2.30. The molecule has 0 radical (unpaired) electrons. The third kappa shape index (κ3) is 6.09. The van der Waals surface area contributed by atoms with Crippen LogP contribution in [0.5, 0.6) is 0 Å². The van der Waals surface area contributed by atoms with Crippen LogP contribution in [0.1, 0.15) is 41.3 Å². The maximum atomic E-state index is 12.8. The van der Waals surface area contributed by atoms with Crippen LogP contribution in [-0.4, -0.2) is 45.7 Å². The highest BCUT2D eigenvalue weighted by molar-refractivity contribution is 5.97. The second-order valence-corrected chi connectivity index (χ2v) is 8.33. The van der Waals surface area contributed by atoms with Gasteiger partial charge in [0.2, 0.25) is 17.7 Å². The minimum Gasteiger partial charge on any atom is -0.366 e. The number of carbonyl (C=O) groups is 3. The molecule has 2 aromatic heterocycles. The van der Waals surface area contributed by atoms with Gasteiger partial charge < -0.3 is 16.0 Å². The van der Waals surface area contributed by atoms with Gasteiger partial charge in [-0.05, 0) is 49.2 Å². The van der Waals surface area contributed by atoms with Crippen LogP contribution in [0, 0.1) is 17.8 Å². The van der Waals surface area contributed by atoms with Gasteiger partial charge in [-0.25, -0.2) is 4.98 Å². The molecule has 8 heteroatoms. The Labute approximate surface area is 203 Å². The number of hydrogen-bond acceptors (Lipinski definition) is 5. The van der Waals surface area contributed by atoms with E-state index in [4.69, 9.17) is 5.73 Å². The average Bonchev–Trinajstić information content (AvgIpc) is 2.88. The van der Waals surface area contributed by atoms with Crippen molar-refractivity contribution < 1.29 is 14.4 Å². The van der Waals surface area contributed by atoms with Crippen LogP contribution in [0.25, 0.3) is 11.3 Å². The summed E-state index contributed by atoms with van der Waals surface area (Å²) >= 11 is 0. The normalized spacial score (nSPS) is 13.5. The first-order valence-corrected chi connectivity index (χ1v) is 11.3. The maximum absolute atomic E-state index is 12.8. The van der Waals surface area contributed by atoms with Gasteiger partial charge in [-0.3, -0.25) is 19.4 Å². The van der Waals surface area contributed by atoms with E-state index in [0.717, 1.165) is 16.7 Å². The summed E-state index contributed by atoms with van der Waals surface area (Å²) < 4.78 is 0. The molecule has 3 amide bonds. The van der Waals surface area contributed by atoms with E-state index in [1.165, 1.54) is 13.0 Å². The number of pyridine rings is 2. The molecule has 1 aromatic carbocycles. The number of likely N-dealkylation sites (tertiary alicyclic amines) is 1. The van der Waals surface area contributed by atoms with E-state index >= 15 is 0 Å². The van der Waals surface area contributed by atoms with Crippen LogP contribution < -0.4 is 11.1 Å². The van der Waals surface area contributed by atoms with Gasteiger partial charge in [0, 0.05) is 60.6 Å². The Balaban J connectivity index is 1.51. The van der Waals surface area contributed by atoms with Gasteiger partial charge in [0.05, 0.1) is 5.69 Å². The summed E-state index contributed by atoms with van der Waals surface area (Å²) in [7, 11) is 0. The Morgan fingerprint density at radius 1 is 1.03 bits per heavy atom. The first kappa shape index (κ1) is 23.6. The monoisotopic (exact) mass is 467 g/mol. The van der Waals surface area contributed by atoms with Crippen LogP contribution in [0.3, 0.4) is 0 Å². The van der Waals surface area contributed by atoms with Crippen molar-refractivity contribution in [3.63, 3.8) is 0 Å². The number of nitrogens with one attached hydrogen (secondary N) is 1. The topological polar surface area (TPSA) is 118 Å². The van der Waals surface area contributed by atoms with Crippen molar-refractivity contribution in [1.29, 1.82) is 0 Å². The molecule has 35 heavy (non-hydrogen) atoms. The number of amides is 3. The van der Waals surface area contributed by atoms with Crippen molar-refractivity contribution in [2.45, 2.75) is 19.8 Å². The third-order valence-electron chi connectivity index (χ3n) is 5.87. The molecule has 1 aliphatic rings. The second kappa shape index (κ2) is 10.6. The van der Waals surface area contributed by atoms with E-state index < -0.39 is 5.91 Å². The summed E-state index contributed by atoms with van der Waals surface area (Å²) in [5, 5.41) is 2.82. The third-order valence-corrected chi connectivity index (χ3v) is 5.87. The van der Waals surface area contributed by atoms with Crippen LogP contribution in [0.4, 0.5) is 5.82 Å². The Hall–Kier alpha value is -4.51. The molecule has 0 spiro atoms. The van der Waals surface area contributed by atoms with Crippen molar-refractivity contribution in [2.24, 2.45) is 11.7 Å². The molecule has 4 rings (SSSR count). The van der Waals surface area contributed by atoms with Crippen molar-refractivity contribution in [3.05, 3.63) is 77.6 Å². The van der Waals surface area contributed by atoms with E-state index in [9.17, 15) is 14.4 Å². The molecular weight excluding hydrogens is 442 g/mol. The first-order valence-electron chi connectivity index (χ1n) is 11.3. The number of nitrogens with zero attached hydrogens (tertiary/aromatic N) is 3. The van der Waals surface area contributed by atoms with Crippen LogP contribution in [-0.2, 0) is 9.59 Å². The number of primary amides is 1. The number of nitrogens with two attached hydrogens (primary N) is 1. The van der Waals surface area contributed by atoms with Crippen molar-refractivity contribution in [2.75, 3.05) is 18.4 Å². The largest absolute Gasteiger partial charge is 0.366 e. The predicted molar refractivity (Wildman–Crippen MR) is 132 cm³/mol. The molecule has 0 aliphatic carbocycles. The minimum absolute atomic E-state index is 0.0124. The fourth-order valence-corrected chi connectivity index (χ4v) is 3.87. The van der Waals surface area contributed by atoms with Crippen LogP contribution >= 0.6 is 0 Å². The Kier molecular flexibility index (Phi) is 7.17. The molecule has 0 unspecified atom stereocenters. The first-order chi connectivity index (χ1) is 16.9. The molecule has 3 aromatic rings. The van der Waals surface area contributed by atoms with Gasteiger partial charge in [0.15, 0.2) is 0 Å². The standard InChI is InChI=1S/C27H25N5O3/c1-18(33)32-13-10-22(11-14-32)27(35)31-25-16-23(26(28)34)15-24(30-25)21-8-6-19(7-9-21)4-5-20-3-2-12-29-17-20/h2-3,6-9,12,15-17,22H,10-11,13-14H2,1H3,(H2,28,34)(H,30,31,35). The zero-order valence-corrected chi connectivity index (χ0v) is 19.3. The Bertz CT molecular complexity index is 1300. The molecule has 3 N–H and O–H groups in total. The summed E-state index contributed by atoms with van der Waals surface area (Å²) in [5.74, 6) is 5.39. The molecule has 176 valence electrons. The fourth-order valence-electron chi connectivity index (χ4n) is 3.87. The van der Waals surface area contributed by atoms with E-state index in [2.05, 4.69) is 27.1 Å². The number of carbonyl (C=O) groups excluding carboxylic acids is 3. The highest BCUT2D eigenvalue weighted by Crippen LogP contribution is 2.24. The molecule has 0 bridgehead atoms. The highest BCUT2D eigenvalue weighted by Gasteiger charge is 2.26. The zero-order valence-electron chi connectivity index (χ0n) is 19.3. The summed E-state index contributed by atoms with van der Waals surface area (Å²) in [6.07, 6.45) is 4.55. The number of anilines is 1. The summed E-state index contributed by atoms with van der Waals surface area (Å²) in [6, 6.07) is 14.2. The zero-order chi connectivity index (χ0) is 24.8. The highest BCUT2D eigenvalue weighted by atomic mass is 16.2. The molecule has 1 fully saturated rings. The molecule has 0 saturated carbocycles. The quantitative estimate of drug-likeness (QED) is 0.572. The molecule has 8 nitrogen and oxygen atoms in total. The predicted octanol–water partition coefficient (Wildman–Crippen LogP) is 2.84. The van der Waals surface area contributed by atoms with Gasteiger partial charge in [0.25, 0.3) is 0 Å². The summed E-state index contributed by atoms with van der Waals surface area (Å²) in [6.45, 7) is 2.62. The van der Waals surface area contributed by atoms with E-state index in [1.807, 2.05) is 36.4 Å². The van der Waals surface area contributed by atoms with Gasteiger partial charge in [-0.15, -0.1) is 0 Å². The molecule has 1 aliphatic heterocycles. The van der Waals surface area contributed by atoms with E-state index in [-0.39, 0.29) is 29.1 Å². The number of benzene rings is 1. The van der Waals surface area contributed by atoms with Gasteiger partial charge in [-0.2, -0.15) is 0 Å². The lowest BCUT2D eigenvalue weighted by molar-refractivity contribution is -0.132. The molecular formula is C27H25N5O3. The van der Waals surface area contributed by atoms with E-state index in [0.29, 0.717) is 31.6 Å². The van der Waals surface area contributed by atoms with Crippen LogP contribution in [0.2, 0.25) is 0 Å². The average molecular weight is 468 g/mol. The van der Waals surface area contributed by atoms with Crippen molar-refractivity contribution in [3.8, 4) is 23.1 Å². The lowest BCUT2D eigenvalue weighted by Crippen LogP contribution is -2.40. The Morgan fingerprint density at radius 2 is 1.74 bits per heavy atom. The van der Waals surface area contributed by atoms with Crippen molar-refractivity contribution in [1.82, 2.24) is 14.9 Å². The number of hydrogen-bond donors (Lipinski definition) is 2. The van der Waals surface area contributed by atoms with Crippen molar-refractivity contribution >= 4 is 23.5 Å². The maximum Gasteiger partial charge on any atom is 0.248 e. The van der Waals surface area contributed by atoms with Gasteiger partial charge in [0.1, 0.15) is 5.82 Å². The molecule has 0 atom stereocenters. The SMILES string of the molecule is CC(=O)N1CCC(C(=O)Nc2cc(C(N)=O)cc(-c3ccc(C#Cc4cccnc4)cc3)n2)CC1. The summed E-state index contributed by atoms with van der Waals surface area (Å²) in [5.41, 5.74) is 8.67.